The number of benzene rings is 2. The lowest BCUT2D eigenvalue weighted by molar-refractivity contribution is -0.136. The van der Waals surface area contributed by atoms with Crippen molar-refractivity contribution >= 4 is 40.0 Å². The van der Waals surface area contributed by atoms with Crippen molar-refractivity contribution in [2.75, 3.05) is 23.8 Å². The molecule has 8 heteroatoms. The topological polar surface area (TPSA) is 87.5 Å². The molecule has 3 amide bonds. The Hall–Kier alpha value is -4.46. The monoisotopic (exact) mass is 551 g/mol. The number of nitrogens with zero attached hydrogens (tertiary/aromatic N) is 4. The van der Waals surface area contributed by atoms with Crippen molar-refractivity contribution in [1.82, 2.24) is 14.5 Å². The fourth-order valence-corrected chi connectivity index (χ4v) is 5.76. The predicted octanol–water partition coefficient (Wildman–Crippen LogP) is 5.28. The van der Waals surface area contributed by atoms with Gasteiger partial charge in [-0.2, -0.15) is 0 Å². The summed E-state index contributed by atoms with van der Waals surface area (Å²) in [6.45, 7) is 5.85. The van der Waals surface area contributed by atoms with Crippen molar-refractivity contribution in [2.45, 2.75) is 46.1 Å². The van der Waals surface area contributed by atoms with E-state index in [-0.39, 0.29) is 30.2 Å². The minimum absolute atomic E-state index is 0.0332. The zero-order valence-corrected chi connectivity index (χ0v) is 24.3. The molecule has 2 aromatic carbocycles. The number of aromatic nitrogens is 2. The van der Waals surface area contributed by atoms with Crippen molar-refractivity contribution in [3.8, 4) is 0 Å². The summed E-state index contributed by atoms with van der Waals surface area (Å²) in [4.78, 5) is 47.9. The largest absolute Gasteiger partial charge is 0.350 e. The maximum atomic E-state index is 14.1. The van der Waals surface area contributed by atoms with Crippen molar-refractivity contribution in [1.29, 1.82) is 0 Å². The molecule has 8 nitrogen and oxygen atoms in total. The maximum Gasteiger partial charge on any atom is 0.241 e. The van der Waals surface area contributed by atoms with Gasteiger partial charge in [0.25, 0.3) is 0 Å². The zero-order valence-electron chi connectivity index (χ0n) is 24.3. The molecule has 3 heterocycles. The minimum atomic E-state index is -1.19. The molecule has 1 aliphatic heterocycles. The molecule has 0 radical (unpaired) electrons. The van der Waals surface area contributed by atoms with Crippen LogP contribution in [-0.2, 0) is 34.3 Å². The second-order valence-electron chi connectivity index (χ2n) is 11.3. The summed E-state index contributed by atoms with van der Waals surface area (Å²) >= 11 is 0. The molecule has 0 fully saturated rings. The van der Waals surface area contributed by atoms with Crippen LogP contribution in [-0.4, -0.2) is 45.8 Å². The first-order valence-corrected chi connectivity index (χ1v) is 14.1. The van der Waals surface area contributed by atoms with Gasteiger partial charge in [-0.3, -0.25) is 19.4 Å². The smallest absolute Gasteiger partial charge is 0.241 e. The Morgan fingerprint density at radius 3 is 2.59 bits per heavy atom. The van der Waals surface area contributed by atoms with Gasteiger partial charge in [0, 0.05) is 50.1 Å². The summed E-state index contributed by atoms with van der Waals surface area (Å²) in [5, 5.41) is 3.99. The molecular weight excluding hydrogens is 514 g/mol. The van der Waals surface area contributed by atoms with Crippen molar-refractivity contribution < 1.29 is 14.4 Å². The number of hydrogen-bond donors (Lipinski definition) is 1. The molecule has 212 valence electrons. The second-order valence-corrected chi connectivity index (χ2v) is 11.3. The van der Waals surface area contributed by atoms with E-state index in [2.05, 4.69) is 33.9 Å². The number of carbonyl (C=O) groups excluding carboxylic acids is 3. The van der Waals surface area contributed by atoms with Gasteiger partial charge in [-0.1, -0.05) is 37.3 Å². The van der Waals surface area contributed by atoms with Crippen LogP contribution >= 0.6 is 0 Å². The fraction of sp³-hybridized carbons (Fsp3) is 0.333. The van der Waals surface area contributed by atoms with Crippen LogP contribution in [0.5, 0.6) is 0 Å². The van der Waals surface area contributed by atoms with Crippen LogP contribution in [0.1, 0.15) is 49.9 Å². The van der Waals surface area contributed by atoms with E-state index >= 15 is 0 Å². The number of nitrogens with one attached hydrogen (secondary N) is 1. The van der Waals surface area contributed by atoms with E-state index in [1.165, 1.54) is 0 Å². The molecule has 41 heavy (non-hydrogen) atoms. The van der Waals surface area contributed by atoms with E-state index in [1.807, 2.05) is 66.8 Å². The molecule has 0 bridgehead atoms. The van der Waals surface area contributed by atoms with Crippen molar-refractivity contribution in [3.63, 3.8) is 0 Å². The Balaban J connectivity index is 1.51. The first-order chi connectivity index (χ1) is 19.6. The Kier molecular flexibility index (Phi) is 7.67. The van der Waals surface area contributed by atoms with E-state index in [9.17, 15) is 14.4 Å². The molecular formula is C33H37N5O3. The highest BCUT2D eigenvalue weighted by Crippen LogP contribution is 2.38. The van der Waals surface area contributed by atoms with Gasteiger partial charge in [-0.15, -0.1) is 0 Å². The highest BCUT2D eigenvalue weighted by atomic mass is 16.2. The highest BCUT2D eigenvalue weighted by molar-refractivity contribution is 6.19. The summed E-state index contributed by atoms with van der Waals surface area (Å²) < 4.78 is 2.06. The Labute approximate surface area is 241 Å². The summed E-state index contributed by atoms with van der Waals surface area (Å²) in [5.41, 5.74) is 4.07. The van der Waals surface area contributed by atoms with Crippen LogP contribution in [0.2, 0.25) is 0 Å². The third-order valence-electron chi connectivity index (χ3n) is 8.19. The third kappa shape index (κ3) is 5.34. The van der Waals surface area contributed by atoms with Gasteiger partial charge >= 0.3 is 0 Å². The normalized spacial score (nSPS) is 15.3. The van der Waals surface area contributed by atoms with E-state index < -0.39 is 5.41 Å². The third-order valence-corrected chi connectivity index (χ3v) is 8.19. The predicted molar refractivity (Wildman–Crippen MR) is 162 cm³/mol. The number of fused-ring (bicyclic) bond motifs is 2. The zero-order chi connectivity index (χ0) is 29.3. The molecule has 4 aromatic rings. The maximum absolute atomic E-state index is 14.1. The highest BCUT2D eigenvalue weighted by Gasteiger charge is 2.42. The van der Waals surface area contributed by atoms with Crippen LogP contribution in [0.25, 0.3) is 10.9 Å². The quantitative estimate of drug-likeness (QED) is 0.302. The molecule has 1 aliphatic rings. The van der Waals surface area contributed by atoms with Crippen LogP contribution < -0.4 is 10.2 Å². The molecule has 5 rings (SSSR count). The van der Waals surface area contributed by atoms with Gasteiger partial charge in [0.2, 0.25) is 17.7 Å². The summed E-state index contributed by atoms with van der Waals surface area (Å²) in [5.74, 6) is -0.582. The van der Waals surface area contributed by atoms with Gasteiger partial charge in [0.1, 0.15) is 5.41 Å². The van der Waals surface area contributed by atoms with E-state index in [1.54, 1.807) is 32.0 Å². The molecule has 1 N–H and O–H groups in total. The Bertz CT molecular complexity index is 1610. The van der Waals surface area contributed by atoms with Gasteiger partial charge in [-0.05, 0) is 67.6 Å². The van der Waals surface area contributed by atoms with E-state index in [0.717, 1.165) is 27.6 Å². The van der Waals surface area contributed by atoms with Gasteiger partial charge < -0.3 is 19.7 Å². The van der Waals surface area contributed by atoms with Crippen LogP contribution in [0.4, 0.5) is 11.4 Å². The summed E-state index contributed by atoms with van der Waals surface area (Å²) in [7, 11) is 3.69. The molecule has 1 unspecified atom stereocenters. The second kappa shape index (κ2) is 11.2. The average Bonchev–Trinajstić information content (AvgIpc) is 3.27. The van der Waals surface area contributed by atoms with E-state index in [0.29, 0.717) is 30.8 Å². The SMILES string of the molecule is CCC(c1ccc2c(c1)N(C)C(=O)C(C)(C)C(=O)N2)N(CCc1cccnc1)C(=O)Cc1cn(C)c2ccccc12. The average molecular weight is 552 g/mol. The summed E-state index contributed by atoms with van der Waals surface area (Å²) in [6, 6.07) is 17.6. The number of rotatable bonds is 8. The van der Waals surface area contributed by atoms with Crippen molar-refractivity contribution in [3.05, 3.63) is 89.9 Å². The first-order valence-electron chi connectivity index (χ1n) is 14.1. The summed E-state index contributed by atoms with van der Waals surface area (Å²) in [6.07, 6.45) is 7.24. The standard InChI is InChI=1S/C33H37N5O3/c1-6-27(23-13-14-26-29(18-23)37(5)32(41)33(2,3)31(40)35-26)38(17-15-22-10-9-16-34-20-22)30(39)19-24-21-36(4)28-12-8-7-11-25(24)28/h7-14,16,18,20-21,27H,6,15,17,19H2,1-5H3,(H,35,40). The molecule has 1 atom stereocenters. The van der Waals surface area contributed by atoms with Crippen LogP contribution in [0.3, 0.4) is 0 Å². The lowest BCUT2D eigenvalue weighted by Gasteiger charge is -2.33. The molecule has 0 spiro atoms. The van der Waals surface area contributed by atoms with Gasteiger partial charge in [0.05, 0.1) is 23.8 Å². The Morgan fingerprint density at radius 2 is 1.85 bits per heavy atom. The first kappa shape index (κ1) is 28.1. The lowest BCUT2D eigenvalue weighted by Crippen LogP contribution is -2.43. The molecule has 0 saturated carbocycles. The van der Waals surface area contributed by atoms with Crippen LogP contribution in [0.15, 0.2) is 73.2 Å². The number of amides is 3. The van der Waals surface area contributed by atoms with Crippen LogP contribution in [0, 0.1) is 5.41 Å². The molecule has 0 saturated heterocycles. The van der Waals surface area contributed by atoms with Crippen molar-refractivity contribution in [2.24, 2.45) is 12.5 Å². The van der Waals surface area contributed by atoms with Gasteiger partial charge in [0.15, 0.2) is 0 Å². The minimum Gasteiger partial charge on any atom is -0.350 e. The number of pyridine rings is 1. The lowest BCUT2D eigenvalue weighted by atomic mass is 9.91. The fourth-order valence-electron chi connectivity index (χ4n) is 5.76. The van der Waals surface area contributed by atoms with E-state index in [4.69, 9.17) is 0 Å². The number of para-hydroxylation sites is 1. The number of hydrogen-bond acceptors (Lipinski definition) is 4. The Morgan fingerprint density at radius 1 is 1.07 bits per heavy atom. The number of carbonyl (C=O) groups is 3. The number of aryl methyl sites for hydroxylation is 1. The molecule has 0 aliphatic carbocycles. The molecule has 2 aromatic heterocycles. The van der Waals surface area contributed by atoms with Gasteiger partial charge in [-0.25, -0.2) is 0 Å². The number of anilines is 2.